The fourth-order valence-electron chi connectivity index (χ4n) is 11.8. The summed E-state index contributed by atoms with van der Waals surface area (Å²) >= 11 is 0. The van der Waals surface area contributed by atoms with Gasteiger partial charge in [-0.1, -0.05) is 39.0 Å². The fourth-order valence-corrected chi connectivity index (χ4v) is 14.6. The highest BCUT2D eigenvalue weighted by Crippen LogP contribution is 2.58. The minimum atomic E-state index is -5.51. The van der Waals surface area contributed by atoms with Crippen LogP contribution in [0.5, 0.6) is 0 Å². The maximum Gasteiger partial charge on any atom is 0.393 e. The normalized spacial score (nSPS) is 43.4. The van der Waals surface area contributed by atoms with Crippen molar-refractivity contribution in [3.05, 3.63) is 0 Å². The van der Waals surface area contributed by atoms with Crippen LogP contribution in [0.25, 0.3) is 0 Å². The largest absolute Gasteiger partial charge is 0.393 e. The molecule has 272 valence electrons. The van der Waals surface area contributed by atoms with Crippen molar-refractivity contribution in [3.8, 4) is 0 Å². The van der Waals surface area contributed by atoms with E-state index in [0.29, 0.717) is 54.6 Å². The molecule has 3 nitrogen and oxygen atoms in total. The molecule has 8 unspecified atom stereocenters. The summed E-state index contributed by atoms with van der Waals surface area (Å²) in [6.45, 7) is 2.33. The summed E-state index contributed by atoms with van der Waals surface area (Å²) in [6, 6.07) is 1.78. The number of nitrogens with zero attached hydrogens (tertiary/aromatic N) is 1. The Bertz CT molecular complexity index is 1170. The predicted octanol–water partition coefficient (Wildman–Crippen LogP) is 9.90. The number of hydrogen-bond acceptors (Lipinski definition) is 3. The number of halogens is 9. The first-order valence-electron chi connectivity index (χ1n) is 18.1. The number of likely N-dealkylation sites (tertiary alicyclic amines) is 1. The minimum Gasteiger partial charge on any atom is -0.294 e. The van der Waals surface area contributed by atoms with Crippen LogP contribution < -0.4 is 0 Å². The lowest BCUT2D eigenvalue weighted by atomic mass is 9.62. The lowest BCUT2D eigenvalue weighted by Crippen LogP contribution is -2.57. The lowest BCUT2D eigenvalue weighted by molar-refractivity contribution is -0.257. The van der Waals surface area contributed by atoms with E-state index in [9.17, 15) is 47.9 Å². The quantitative estimate of drug-likeness (QED) is 0.273. The topological polar surface area (TPSA) is 37.4 Å². The van der Waals surface area contributed by atoms with Crippen LogP contribution in [-0.4, -0.2) is 60.5 Å². The van der Waals surface area contributed by atoms with E-state index in [1.54, 1.807) is 0 Å². The van der Waals surface area contributed by atoms with Gasteiger partial charge in [0.05, 0.1) is 28.3 Å². The van der Waals surface area contributed by atoms with E-state index < -0.39 is 69.5 Å². The van der Waals surface area contributed by atoms with Crippen LogP contribution in [0.2, 0.25) is 0 Å². The molecule has 0 spiro atoms. The monoisotopic (exact) mass is 707 g/mol. The Kier molecular flexibility index (Phi) is 10.1. The first-order valence-corrected chi connectivity index (χ1v) is 19.7. The maximum atomic E-state index is 14.1. The zero-order chi connectivity index (χ0) is 34.1. The summed E-state index contributed by atoms with van der Waals surface area (Å²) in [5.41, 5.74) is 0. The Morgan fingerprint density at radius 1 is 0.574 bits per heavy atom. The highest BCUT2D eigenvalue weighted by atomic mass is 32.2. The second-order valence-corrected chi connectivity index (χ2v) is 18.6. The summed E-state index contributed by atoms with van der Waals surface area (Å²) in [5.74, 6) is -7.17. The first kappa shape index (κ1) is 36.1. The van der Waals surface area contributed by atoms with Crippen LogP contribution in [0.1, 0.15) is 116 Å². The van der Waals surface area contributed by atoms with Crippen LogP contribution in [0.4, 0.5) is 39.5 Å². The van der Waals surface area contributed by atoms with Crippen molar-refractivity contribution in [2.45, 2.75) is 163 Å². The van der Waals surface area contributed by atoms with Crippen molar-refractivity contribution in [2.24, 2.45) is 47.3 Å². The average molecular weight is 708 g/mol. The summed E-state index contributed by atoms with van der Waals surface area (Å²) in [7, 11) is -5.05. The second kappa shape index (κ2) is 13.1. The van der Waals surface area contributed by atoms with Crippen molar-refractivity contribution in [1.29, 1.82) is 0 Å². The highest BCUT2D eigenvalue weighted by Gasteiger charge is 2.66. The third-order valence-corrected chi connectivity index (χ3v) is 16.5. The van der Waals surface area contributed by atoms with Crippen LogP contribution >= 0.6 is 0 Å². The van der Waals surface area contributed by atoms with E-state index in [2.05, 4.69) is 11.8 Å². The molecule has 1 saturated heterocycles. The second-order valence-electron chi connectivity index (χ2n) is 16.2. The molecule has 8 atom stereocenters. The van der Waals surface area contributed by atoms with Gasteiger partial charge >= 0.3 is 18.5 Å². The molecule has 0 aromatic rings. The molecule has 47 heavy (non-hydrogen) atoms. The molecule has 1 aliphatic heterocycles. The summed E-state index contributed by atoms with van der Waals surface area (Å²) in [5, 5.41) is -4.36. The number of rotatable bonds is 4. The molecule has 0 aromatic carbocycles. The Balaban J connectivity index is 1.17. The molecule has 0 N–H and O–H groups in total. The van der Waals surface area contributed by atoms with Gasteiger partial charge < -0.3 is 0 Å². The van der Waals surface area contributed by atoms with E-state index in [-0.39, 0.29) is 18.8 Å². The predicted molar refractivity (Wildman–Crippen MR) is 160 cm³/mol. The summed E-state index contributed by atoms with van der Waals surface area (Å²) in [4.78, 5) is 2.92. The van der Waals surface area contributed by atoms with E-state index in [1.807, 2.05) is 0 Å². The molecule has 5 saturated carbocycles. The molecule has 5 aliphatic carbocycles. The van der Waals surface area contributed by atoms with Gasteiger partial charge in [0.15, 0.2) is 9.84 Å². The maximum absolute atomic E-state index is 14.1. The molecular weight excluding hydrogens is 657 g/mol. The van der Waals surface area contributed by atoms with Gasteiger partial charge in [0.1, 0.15) is 0 Å². The molecule has 0 amide bonds. The van der Waals surface area contributed by atoms with Crippen molar-refractivity contribution in [2.75, 3.05) is 0 Å². The summed E-state index contributed by atoms with van der Waals surface area (Å²) < 4.78 is 153. The van der Waals surface area contributed by atoms with Crippen molar-refractivity contribution >= 4 is 9.84 Å². The molecule has 0 bridgehead atoms. The average Bonchev–Trinajstić information content (AvgIpc) is 3.34. The standard InChI is InChI=1S/C34H50F9NO2S/c1-19-15-21(16-26-25-9-5-6-10-29(25)44(30(19)26)23-7-3-2-4-8-23)20-11-13-24(14-12-20)47(45,46)31-27(33(38,39)40)17-22(32(35,36)37)18-28(31)34(41,42)43/h19-31H,2-18H2,1H3. The zero-order valence-corrected chi connectivity index (χ0v) is 27.9. The van der Waals surface area contributed by atoms with Gasteiger partial charge in [-0.15, -0.1) is 0 Å². The van der Waals surface area contributed by atoms with Crippen LogP contribution in [0, 0.1) is 47.3 Å². The Morgan fingerprint density at radius 3 is 1.68 bits per heavy atom. The Hall–Kier alpha value is -0.720. The van der Waals surface area contributed by atoms with Gasteiger partial charge in [-0.05, 0) is 107 Å². The van der Waals surface area contributed by atoms with E-state index in [1.165, 1.54) is 57.8 Å². The van der Waals surface area contributed by atoms with E-state index in [0.717, 1.165) is 12.8 Å². The van der Waals surface area contributed by atoms with E-state index >= 15 is 0 Å². The van der Waals surface area contributed by atoms with Gasteiger partial charge in [0.25, 0.3) is 0 Å². The lowest BCUT2D eigenvalue weighted by Gasteiger charge is -2.48. The summed E-state index contributed by atoms with van der Waals surface area (Å²) in [6.07, 6.45) is -5.66. The van der Waals surface area contributed by atoms with Crippen molar-refractivity contribution < 1.29 is 47.9 Å². The Labute approximate surface area is 273 Å². The van der Waals surface area contributed by atoms with Crippen LogP contribution in [0.3, 0.4) is 0 Å². The molecule has 6 fully saturated rings. The van der Waals surface area contributed by atoms with Crippen LogP contribution in [0.15, 0.2) is 0 Å². The smallest absolute Gasteiger partial charge is 0.294 e. The molecule has 6 aliphatic rings. The van der Waals surface area contributed by atoms with E-state index in [4.69, 9.17) is 0 Å². The SMILES string of the molecule is CC1CC(C2CCC(S(=O)(=O)C3C(C(F)(F)F)CC(C(F)(F)F)CC3C(F)(F)F)CC2)CC2C3CCCCC3N(C3CCCCC3)C12. The minimum absolute atomic E-state index is 0.0411. The molecule has 0 radical (unpaired) electrons. The number of sulfone groups is 1. The number of fused-ring (bicyclic) bond motifs is 3. The van der Waals surface area contributed by atoms with Crippen molar-refractivity contribution in [1.82, 2.24) is 4.90 Å². The van der Waals surface area contributed by atoms with Gasteiger partial charge in [0.2, 0.25) is 0 Å². The molecule has 13 heteroatoms. The number of hydrogen-bond donors (Lipinski definition) is 0. The zero-order valence-electron chi connectivity index (χ0n) is 27.1. The molecule has 6 rings (SSSR count). The third-order valence-electron chi connectivity index (χ3n) is 13.7. The molecule has 1 heterocycles. The van der Waals surface area contributed by atoms with Gasteiger partial charge in [-0.25, -0.2) is 8.42 Å². The van der Waals surface area contributed by atoms with Gasteiger partial charge in [-0.3, -0.25) is 4.90 Å². The molecule has 0 aromatic heterocycles. The molecular formula is C34H50F9NO2S. The number of alkyl halides is 9. The fraction of sp³-hybridized carbons (Fsp3) is 1.00. The Morgan fingerprint density at radius 2 is 1.13 bits per heavy atom. The van der Waals surface area contributed by atoms with Gasteiger partial charge in [-0.2, -0.15) is 39.5 Å². The van der Waals surface area contributed by atoms with Gasteiger partial charge in [0, 0.05) is 18.1 Å². The first-order chi connectivity index (χ1) is 21.9. The highest BCUT2D eigenvalue weighted by molar-refractivity contribution is 7.92. The van der Waals surface area contributed by atoms with Crippen molar-refractivity contribution in [3.63, 3.8) is 0 Å². The van der Waals surface area contributed by atoms with Crippen LogP contribution in [-0.2, 0) is 9.84 Å². The third kappa shape index (κ3) is 6.97.